The molecule has 0 saturated carbocycles. The molecule has 0 bridgehead atoms. The van der Waals surface area contributed by atoms with Gasteiger partial charge < -0.3 is 5.32 Å². The molecule has 2 aliphatic rings. The molecule has 1 aliphatic heterocycles. The van der Waals surface area contributed by atoms with Crippen molar-refractivity contribution in [3.63, 3.8) is 0 Å². The molecule has 2 rings (SSSR count). The molecule has 0 aromatic carbocycles. The van der Waals surface area contributed by atoms with Crippen LogP contribution in [-0.4, -0.2) is 12.5 Å². The fourth-order valence-corrected chi connectivity index (χ4v) is 2.65. The van der Waals surface area contributed by atoms with Gasteiger partial charge in [-0.25, -0.2) is 0 Å². The summed E-state index contributed by atoms with van der Waals surface area (Å²) in [6, 6.07) is 0. The Bertz CT molecular complexity index is 235. The van der Waals surface area contributed by atoms with Crippen LogP contribution in [0.15, 0.2) is 12.2 Å². The van der Waals surface area contributed by atoms with Crippen molar-refractivity contribution in [2.75, 3.05) is 6.54 Å². The van der Waals surface area contributed by atoms with Crippen molar-refractivity contribution in [1.29, 1.82) is 0 Å². The van der Waals surface area contributed by atoms with Crippen LogP contribution in [0.1, 0.15) is 44.9 Å². The number of allylic oxidation sites excluding steroid dienone is 2. The van der Waals surface area contributed by atoms with Crippen LogP contribution < -0.4 is 5.32 Å². The zero-order valence-electron chi connectivity index (χ0n) is 8.72. The number of carbonyl (C=O) groups is 1. The zero-order valence-corrected chi connectivity index (χ0v) is 8.72. The molecule has 1 spiro atoms. The highest BCUT2D eigenvalue weighted by atomic mass is 16.2. The Morgan fingerprint density at radius 1 is 1.07 bits per heavy atom. The van der Waals surface area contributed by atoms with Crippen LogP contribution in [0.3, 0.4) is 0 Å². The van der Waals surface area contributed by atoms with Gasteiger partial charge in [0.15, 0.2) is 0 Å². The minimum absolute atomic E-state index is 0.0278. The minimum Gasteiger partial charge on any atom is -0.356 e. The van der Waals surface area contributed by atoms with Crippen LogP contribution in [0.2, 0.25) is 0 Å². The van der Waals surface area contributed by atoms with Crippen LogP contribution in [0.25, 0.3) is 0 Å². The lowest BCUT2D eigenvalue weighted by molar-refractivity contribution is -0.131. The summed E-state index contributed by atoms with van der Waals surface area (Å²) in [5.41, 5.74) is -0.0278. The van der Waals surface area contributed by atoms with Crippen LogP contribution in [-0.2, 0) is 4.79 Å². The standard InChI is InChI=1S/C12H19NO/c14-11-12(9-5-6-10-13-11)7-3-1-2-4-8-12/h1-2H,3-10H2,(H,13,14). The fourth-order valence-electron chi connectivity index (χ4n) is 2.65. The van der Waals surface area contributed by atoms with Crippen molar-refractivity contribution in [2.45, 2.75) is 44.9 Å². The van der Waals surface area contributed by atoms with Crippen LogP contribution in [0.4, 0.5) is 0 Å². The maximum Gasteiger partial charge on any atom is 0.226 e. The van der Waals surface area contributed by atoms with Gasteiger partial charge in [-0.15, -0.1) is 0 Å². The minimum atomic E-state index is -0.0278. The Hall–Kier alpha value is -0.790. The van der Waals surface area contributed by atoms with E-state index in [4.69, 9.17) is 0 Å². The second-order valence-corrected chi connectivity index (χ2v) is 4.54. The average Bonchev–Trinajstić information content (AvgIpc) is 2.51. The first-order chi connectivity index (χ1) is 6.83. The van der Waals surface area contributed by atoms with E-state index in [9.17, 15) is 4.79 Å². The second kappa shape index (κ2) is 4.16. The quantitative estimate of drug-likeness (QED) is 0.588. The average molecular weight is 193 g/mol. The van der Waals surface area contributed by atoms with Gasteiger partial charge in [-0.2, -0.15) is 0 Å². The molecule has 1 heterocycles. The van der Waals surface area contributed by atoms with Crippen molar-refractivity contribution in [1.82, 2.24) is 5.32 Å². The molecular formula is C12H19NO. The first kappa shape index (κ1) is 9.75. The number of hydrogen-bond acceptors (Lipinski definition) is 1. The summed E-state index contributed by atoms with van der Waals surface area (Å²) in [4.78, 5) is 12.0. The van der Waals surface area contributed by atoms with Crippen molar-refractivity contribution >= 4 is 5.91 Å². The molecule has 2 heteroatoms. The lowest BCUT2D eigenvalue weighted by atomic mass is 9.76. The topological polar surface area (TPSA) is 29.1 Å². The van der Waals surface area contributed by atoms with Crippen molar-refractivity contribution < 1.29 is 4.79 Å². The highest BCUT2D eigenvalue weighted by molar-refractivity contribution is 5.82. The van der Waals surface area contributed by atoms with E-state index in [1.807, 2.05) is 0 Å². The van der Waals surface area contributed by atoms with E-state index in [0.29, 0.717) is 5.91 Å². The van der Waals surface area contributed by atoms with Gasteiger partial charge in [-0.3, -0.25) is 4.79 Å². The number of rotatable bonds is 0. The van der Waals surface area contributed by atoms with Gasteiger partial charge >= 0.3 is 0 Å². The number of nitrogens with one attached hydrogen (secondary N) is 1. The van der Waals surface area contributed by atoms with Gasteiger partial charge in [-0.05, 0) is 38.5 Å². The van der Waals surface area contributed by atoms with Crippen molar-refractivity contribution in [3.05, 3.63) is 12.2 Å². The van der Waals surface area contributed by atoms with Crippen LogP contribution in [0, 0.1) is 5.41 Å². The van der Waals surface area contributed by atoms with Gasteiger partial charge in [0, 0.05) is 12.0 Å². The Labute approximate surface area is 85.8 Å². The van der Waals surface area contributed by atoms with E-state index in [1.165, 1.54) is 6.42 Å². The molecule has 0 atom stereocenters. The molecule has 1 amide bonds. The molecule has 0 aromatic rings. The van der Waals surface area contributed by atoms with Crippen molar-refractivity contribution in [2.24, 2.45) is 5.41 Å². The molecular weight excluding hydrogens is 174 g/mol. The predicted molar refractivity (Wildman–Crippen MR) is 56.9 cm³/mol. The predicted octanol–water partition coefficient (Wildman–Crippen LogP) is 2.40. The third-order valence-electron chi connectivity index (χ3n) is 3.60. The molecule has 1 fully saturated rings. The molecule has 1 aliphatic carbocycles. The van der Waals surface area contributed by atoms with Crippen LogP contribution in [0.5, 0.6) is 0 Å². The summed E-state index contributed by atoms with van der Waals surface area (Å²) in [6.07, 6.45) is 12.2. The van der Waals surface area contributed by atoms with Crippen molar-refractivity contribution in [3.8, 4) is 0 Å². The molecule has 1 saturated heterocycles. The first-order valence-corrected chi connectivity index (χ1v) is 5.77. The fraction of sp³-hybridized carbons (Fsp3) is 0.750. The van der Waals surface area contributed by atoms with Gasteiger partial charge in [0.1, 0.15) is 0 Å². The van der Waals surface area contributed by atoms with E-state index in [2.05, 4.69) is 17.5 Å². The summed E-state index contributed by atoms with van der Waals surface area (Å²) >= 11 is 0. The number of hydrogen-bond donors (Lipinski definition) is 1. The zero-order chi connectivity index (χ0) is 9.86. The Kier molecular flexibility index (Phi) is 2.90. The first-order valence-electron chi connectivity index (χ1n) is 5.77. The maximum atomic E-state index is 12.0. The third kappa shape index (κ3) is 1.84. The Balaban J connectivity index is 2.13. The van der Waals surface area contributed by atoms with Gasteiger partial charge in [0.2, 0.25) is 5.91 Å². The van der Waals surface area contributed by atoms with Crippen LogP contribution >= 0.6 is 0 Å². The molecule has 14 heavy (non-hydrogen) atoms. The highest BCUT2D eigenvalue weighted by Gasteiger charge is 2.37. The smallest absolute Gasteiger partial charge is 0.226 e. The summed E-state index contributed by atoms with van der Waals surface area (Å²) in [5, 5.41) is 3.07. The summed E-state index contributed by atoms with van der Waals surface area (Å²) in [5.74, 6) is 0.318. The van der Waals surface area contributed by atoms with E-state index >= 15 is 0 Å². The highest BCUT2D eigenvalue weighted by Crippen LogP contribution is 2.38. The van der Waals surface area contributed by atoms with Gasteiger partial charge in [-0.1, -0.05) is 18.6 Å². The van der Waals surface area contributed by atoms with Gasteiger partial charge in [0.25, 0.3) is 0 Å². The largest absolute Gasteiger partial charge is 0.356 e. The molecule has 0 radical (unpaired) electrons. The Morgan fingerprint density at radius 3 is 2.50 bits per heavy atom. The third-order valence-corrected chi connectivity index (χ3v) is 3.60. The van der Waals surface area contributed by atoms with E-state index in [-0.39, 0.29) is 5.41 Å². The second-order valence-electron chi connectivity index (χ2n) is 4.54. The molecule has 1 N–H and O–H groups in total. The lowest BCUT2D eigenvalue weighted by Crippen LogP contribution is -2.39. The van der Waals surface area contributed by atoms with E-state index in [0.717, 1.165) is 45.1 Å². The van der Waals surface area contributed by atoms with E-state index < -0.39 is 0 Å². The monoisotopic (exact) mass is 193 g/mol. The normalized spacial score (nSPS) is 26.7. The molecule has 0 unspecified atom stereocenters. The SMILES string of the molecule is O=C1NCCCCC12CCC=CCC2. The molecule has 2 nitrogen and oxygen atoms in total. The summed E-state index contributed by atoms with van der Waals surface area (Å²) in [7, 11) is 0. The van der Waals surface area contributed by atoms with Gasteiger partial charge in [0.05, 0.1) is 0 Å². The summed E-state index contributed by atoms with van der Waals surface area (Å²) in [6.45, 7) is 0.883. The maximum absolute atomic E-state index is 12.0. The molecule has 0 aromatic heterocycles. The molecule has 78 valence electrons. The lowest BCUT2D eigenvalue weighted by Gasteiger charge is -2.29. The summed E-state index contributed by atoms with van der Waals surface area (Å²) < 4.78 is 0. The van der Waals surface area contributed by atoms with E-state index in [1.54, 1.807) is 0 Å². The Morgan fingerprint density at radius 2 is 1.79 bits per heavy atom. The number of amides is 1. The number of carbonyl (C=O) groups excluding carboxylic acids is 1.